The number of thioether (sulfide) groups is 1. The third-order valence-corrected chi connectivity index (χ3v) is 4.93. The lowest BCUT2D eigenvalue weighted by molar-refractivity contribution is -0.384. The number of carbonyl (C=O) groups excluding carboxylic acids is 1. The van der Waals surface area contributed by atoms with Crippen molar-refractivity contribution in [2.75, 3.05) is 11.1 Å². The molecule has 0 saturated heterocycles. The van der Waals surface area contributed by atoms with Crippen LogP contribution in [-0.2, 0) is 17.9 Å². The number of imidazole rings is 1. The van der Waals surface area contributed by atoms with Gasteiger partial charge in [0.1, 0.15) is 0 Å². The number of carbonyl (C=O) groups is 1. The van der Waals surface area contributed by atoms with Gasteiger partial charge in [0, 0.05) is 24.4 Å². The molecule has 0 unspecified atom stereocenters. The van der Waals surface area contributed by atoms with Crippen LogP contribution >= 0.6 is 11.8 Å². The second-order valence-corrected chi connectivity index (χ2v) is 6.85. The highest BCUT2D eigenvalue weighted by molar-refractivity contribution is 7.99. The van der Waals surface area contributed by atoms with Gasteiger partial charge in [-0.3, -0.25) is 14.9 Å². The van der Waals surface area contributed by atoms with Crippen molar-refractivity contribution < 1.29 is 14.8 Å². The van der Waals surface area contributed by atoms with Crippen molar-refractivity contribution in [3.05, 3.63) is 82.2 Å². The summed E-state index contributed by atoms with van der Waals surface area (Å²) in [6.07, 6.45) is 1.60. The van der Waals surface area contributed by atoms with Crippen LogP contribution in [-0.4, -0.2) is 31.2 Å². The maximum Gasteiger partial charge on any atom is 0.269 e. The van der Waals surface area contributed by atoms with Crippen molar-refractivity contribution in [1.29, 1.82) is 0 Å². The highest BCUT2D eigenvalue weighted by atomic mass is 32.2. The molecular weight excluding hydrogens is 380 g/mol. The molecule has 9 heteroatoms. The molecule has 0 atom stereocenters. The van der Waals surface area contributed by atoms with Crippen molar-refractivity contribution in [2.24, 2.45) is 0 Å². The van der Waals surface area contributed by atoms with E-state index in [-0.39, 0.29) is 24.0 Å². The highest BCUT2D eigenvalue weighted by Crippen LogP contribution is 2.21. The fourth-order valence-corrected chi connectivity index (χ4v) is 3.36. The number of benzene rings is 2. The normalized spacial score (nSPS) is 10.6. The predicted molar refractivity (Wildman–Crippen MR) is 106 cm³/mol. The summed E-state index contributed by atoms with van der Waals surface area (Å²) in [5, 5.41) is 23.5. The largest absolute Gasteiger partial charge is 0.390 e. The molecule has 144 valence electrons. The van der Waals surface area contributed by atoms with Gasteiger partial charge in [0.2, 0.25) is 5.91 Å². The number of nitrogens with zero attached hydrogens (tertiary/aromatic N) is 3. The van der Waals surface area contributed by atoms with Gasteiger partial charge in [-0.1, -0.05) is 42.1 Å². The van der Waals surface area contributed by atoms with Crippen LogP contribution in [0.1, 0.15) is 11.3 Å². The van der Waals surface area contributed by atoms with Crippen LogP contribution in [0.15, 0.2) is 66.0 Å². The van der Waals surface area contributed by atoms with Gasteiger partial charge in [-0.15, -0.1) is 0 Å². The van der Waals surface area contributed by atoms with E-state index in [9.17, 15) is 20.0 Å². The molecule has 0 aliphatic carbocycles. The molecule has 2 N–H and O–H groups in total. The van der Waals surface area contributed by atoms with Crippen molar-refractivity contribution in [2.45, 2.75) is 18.3 Å². The molecule has 0 radical (unpaired) electrons. The molecule has 1 aromatic heterocycles. The number of aliphatic hydroxyl groups excluding tert-OH is 1. The quantitative estimate of drug-likeness (QED) is 0.343. The van der Waals surface area contributed by atoms with E-state index in [1.165, 1.54) is 36.0 Å². The summed E-state index contributed by atoms with van der Waals surface area (Å²) in [7, 11) is 0. The van der Waals surface area contributed by atoms with Crippen molar-refractivity contribution in [3.63, 3.8) is 0 Å². The van der Waals surface area contributed by atoms with Gasteiger partial charge < -0.3 is 15.0 Å². The SMILES string of the molecule is O=C(CSc1ncc(CO)n1Cc1ccccc1)Nc1ccc([N+](=O)[O-])cc1. The van der Waals surface area contributed by atoms with Crippen LogP contribution in [0.3, 0.4) is 0 Å². The smallest absolute Gasteiger partial charge is 0.269 e. The van der Waals surface area contributed by atoms with Gasteiger partial charge in [-0.25, -0.2) is 4.98 Å². The van der Waals surface area contributed by atoms with E-state index in [1.54, 1.807) is 6.20 Å². The second-order valence-electron chi connectivity index (χ2n) is 5.90. The molecule has 3 rings (SSSR count). The topological polar surface area (TPSA) is 110 Å². The first-order chi connectivity index (χ1) is 13.6. The van der Waals surface area contributed by atoms with Crippen LogP contribution < -0.4 is 5.32 Å². The minimum atomic E-state index is -0.493. The summed E-state index contributed by atoms with van der Waals surface area (Å²) in [6, 6.07) is 15.4. The molecule has 1 heterocycles. The third kappa shape index (κ3) is 4.96. The Bertz CT molecular complexity index is 958. The van der Waals surface area contributed by atoms with Gasteiger partial charge >= 0.3 is 0 Å². The number of hydrogen-bond acceptors (Lipinski definition) is 6. The molecule has 1 amide bonds. The second kappa shape index (κ2) is 9.16. The fraction of sp³-hybridized carbons (Fsp3) is 0.158. The van der Waals surface area contributed by atoms with E-state index < -0.39 is 4.92 Å². The molecule has 8 nitrogen and oxygen atoms in total. The molecule has 28 heavy (non-hydrogen) atoms. The van der Waals surface area contributed by atoms with Crippen LogP contribution in [0.2, 0.25) is 0 Å². The van der Waals surface area contributed by atoms with Crippen LogP contribution in [0.25, 0.3) is 0 Å². The Morgan fingerprint density at radius 2 is 1.89 bits per heavy atom. The minimum absolute atomic E-state index is 0.0353. The molecule has 2 aromatic carbocycles. The number of nitrogens with one attached hydrogen (secondary N) is 1. The first kappa shape index (κ1) is 19.6. The number of non-ortho nitro benzene ring substituents is 1. The summed E-state index contributed by atoms with van der Waals surface area (Å²) in [6.45, 7) is 0.401. The summed E-state index contributed by atoms with van der Waals surface area (Å²) in [5.41, 5.74) is 2.18. The maximum absolute atomic E-state index is 12.2. The lowest BCUT2D eigenvalue weighted by atomic mass is 10.2. The van der Waals surface area contributed by atoms with Gasteiger partial charge in [0.25, 0.3) is 5.69 Å². The molecule has 0 aliphatic heterocycles. The molecular formula is C19H18N4O4S. The van der Waals surface area contributed by atoms with E-state index in [0.717, 1.165) is 5.56 Å². The summed E-state index contributed by atoms with van der Waals surface area (Å²) in [4.78, 5) is 26.7. The average Bonchev–Trinajstić information content (AvgIpc) is 3.09. The minimum Gasteiger partial charge on any atom is -0.390 e. The molecule has 0 spiro atoms. The lowest BCUT2D eigenvalue weighted by Gasteiger charge is -2.11. The number of nitro benzene ring substituents is 1. The van der Waals surface area contributed by atoms with Crippen molar-refractivity contribution >= 4 is 29.0 Å². The molecule has 0 fully saturated rings. The number of nitro groups is 1. The summed E-state index contributed by atoms with van der Waals surface area (Å²) < 4.78 is 1.87. The van der Waals surface area contributed by atoms with E-state index in [2.05, 4.69) is 10.3 Å². The van der Waals surface area contributed by atoms with E-state index in [0.29, 0.717) is 23.1 Å². The number of hydrogen-bond donors (Lipinski definition) is 2. The Labute approximate surface area is 165 Å². The van der Waals surface area contributed by atoms with Crippen molar-refractivity contribution in [3.8, 4) is 0 Å². The fourth-order valence-electron chi connectivity index (χ4n) is 2.56. The van der Waals surface area contributed by atoms with Gasteiger partial charge in [-0.05, 0) is 17.7 Å². The van der Waals surface area contributed by atoms with Crippen molar-refractivity contribution in [1.82, 2.24) is 9.55 Å². The molecule has 0 aliphatic rings. The van der Waals surface area contributed by atoms with Crippen LogP contribution in [0.5, 0.6) is 0 Å². The molecule has 0 saturated carbocycles. The van der Waals surface area contributed by atoms with Gasteiger partial charge in [0.15, 0.2) is 5.16 Å². The number of rotatable bonds is 8. The summed E-state index contributed by atoms with van der Waals surface area (Å²) in [5.74, 6) is -0.133. The zero-order chi connectivity index (χ0) is 19.9. The Kier molecular flexibility index (Phi) is 6.41. The molecule has 3 aromatic rings. The van der Waals surface area contributed by atoms with E-state index >= 15 is 0 Å². The number of amides is 1. The number of aromatic nitrogens is 2. The standard InChI is InChI=1S/C19H18N4O4S/c24-12-17-10-20-19(22(17)11-14-4-2-1-3-5-14)28-13-18(25)21-15-6-8-16(9-7-15)23(26)27/h1-10,24H,11-13H2,(H,21,25). The zero-order valence-corrected chi connectivity index (χ0v) is 15.6. The Morgan fingerprint density at radius 1 is 1.18 bits per heavy atom. The number of anilines is 1. The third-order valence-electron chi connectivity index (χ3n) is 3.94. The van der Waals surface area contributed by atoms with Crippen LogP contribution in [0.4, 0.5) is 11.4 Å². The molecule has 0 bridgehead atoms. The van der Waals surface area contributed by atoms with E-state index in [4.69, 9.17) is 0 Å². The van der Waals surface area contributed by atoms with Gasteiger partial charge in [0.05, 0.1) is 29.2 Å². The lowest BCUT2D eigenvalue weighted by Crippen LogP contribution is -2.15. The Balaban J connectivity index is 1.63. The highest BCUT2D eigenvalue weighted by Gasteiger charge is 2.13. The van der Waals surface area contributed by atoms with Crippen LogP contribution in [0, 0.1) is 10.1 Å². The van der Waals surface area contributed by atoms with E-state index in [1.807, 2.05) is 34.9 Å². The predicted octanol–water partition coefficient (Wildman–Crippen LogP) is 3.06. The zero-order valence-electron chi connectivity index (χ0n) is 14.8. The first-order valence-corrected chi connectivity index (χ1v) is 9.41. The monoisotopic (exact) mass is 398 g/mol. The van der Waals surface area contributed by atoms with Gasteiger partial charge in [-0.2, -0.15) is 0 Å². The Hall–Kier alpha value is -3.17. The number of aliphatic hydroxyl groups is 1. The first-order valence-electron chi connectivity index (χ1n) is 8.43. The Morgan fingerprint density at radius 3 is 2.54 bits per heavy atom. The average molecular weight is 398 g/mol. The maximum atomic E-state index is 12.2. The summed E-state index contributed by atoms with van der Waals surface area (Å²) >= 11 is 1.26.